The fourth-order valence-electron chi connectivity index (χ4n) is 2.46. The minimum atomic E-state index is -0.824. The maximum atomic E-state index is 12.5. The second-order valence-electron chi connectivity index (χ2n) is 6.60. The third kappa shape index (κ3) is 4.30. The van der Waals surface area contributed by atoms with Crippen LogP contribution in [0.5, 0.6) is 0 Å². The molecule has 0 aliphatic heterocycles. The van der Waals surface area contributed by atoms with E-state index in [-0.39, 0.29) is 29.4 Å². The number of ketones is 1. The summed E-state index contributed by atoms with van der Waals surface area (Å²) in [6.45, 7) is 5.08. The number of anilines is 1. The van der Waals surface area contributed by atoms with Gasteiger partial charge in [-0.1, -0.05) is 13.8 Å². The molecule has 0 aromatic carbocycles. The van der Waals surface area contributed by atoms with Crippen molar-refractivity contribution < 1.29 is 14.3 Å². The van der Waals surface area contributed by atoms with Gasteiger partial charge in [-0.2, -0.15) is 0 Å². The number of nitrogens with two attached hydrogens (primary N) is 1. The first-order valence-corrected chi connectivity index (χ1v) is 8.35. The quantitative estimate of drug-likeness (QED) is 0.577. The Labute approximate surface area is 155 Å². The van der Waals surface area contributed by atoms with Gasteiger partial charge in [-0.05, 0) is 25.0 Å². The molecule has 0 aliphatic carbocycles. The van der Waals surface area contributed by atoms with Crippen LogP contribution in [-0.4, -0.2) is 32.5 Å². The molecule has 9 heteroatoms. The van der Waals surface area contributed by atoms with E-state index >= 15 is 0 Å². The maximum absolute atomic E-state index is 12.5. The van der Waals surface area contributed by atoms with Crippen LogP contribution in [0.2, 0.25) is 0 Å². The average Bonchev–Trinajstić information content (AvgIpc) is 2.62. The van der Waals surface area contributed by atoms with E-state index in [1.807, 2.05) is 13.8 Å². The van der Waals surface area contributed by atoms with Gasteiger partial charge in [0, 0.05) is 25.5 Å². The molecule has 0 atom stereocenters. The summed E-state index contributed by atoms with van der Waals surface area (Å²) in [6.07, 6.45) is 1.33. The average molecular weight is 374 g/mol. The first kappa shape index (κ1) is 20.1. The van der Waals surface area contributed by atoms with Crippen molar-refractivity contribution >= 4 is 17.6 Å². The van der Waals surface area contributed by atoms with E-state index in [0.29, 0.717) is 0 Å². The summed E-state index contributed by atoms with van der Waals surface area (Å²) in [7, 11) is 1.27. The molecule has 2 aromatic rings. The Morgan fingerprint density at radius 2 is 1.93 bits per heavy atom. The fraction of sp³-hybridized carbons (Fsp3) is 0.389. The number of carbonyl (C=O) groups is 2. The first-order valence-electron chi connectivity index (χ1n) is 8.35. The van der Waals surface area contributed by atoms with Gasteiger partial charge < -0.3 is 10.5 Å². The topological polar surface area (TPSA) is 126 Å². The lowest BCUT2D eigenvalue weighted by Crippen LogP contribution is -2.43. The van der Waals surface area contributed by atoms with Gasteiger partial charge in [-0.25, -0.2) is 9.59 Å². The molecule has 2 aromatic heterocycles. The smallest absolute Gasteiger partial charge is 0.340 e. The van der Waals surface area contributed by atoms with Gasteiger partial charge in [0.05, 0.1) is 5.56 Å². The molecule has 0 fully saturated rings. The van der Waals surface area contributed by atoms with Gasteiger partial charge in [0.25, 0.3) is 5.56 Å². The number of hydrogen-bond donors (Lipinski definition) is 1. The van der Waals surface area contributed by atoms with Crippen molar-refractivity contribution in [2.24, 2.45) is 13.0 Å². The zero-order valence-corrected chi connectivity index (χ0v) is 15.7. The van der Waals surface area contributed by atoms with Crippen LogP contribution in [0, 0.1) is 12.8 Å². The molecule has 27 heavy (non-hydrogen) atoms. The van der Waals surface area contributed by atoms with Gasteiger partial charge in [-0.15, -0.1) is 0 Å². The zero-order valence-electron chi connectivity index (χ0n) is 15.7. The Morgan fingerprint density at radius 3 is 2.48 bits per heavy atom. The Hall–Kier alpha value is -3.23. The van der Waals surface area contributed by atoms with Gasteiger partial charge >= 0.3 is 11.7 Å². The number of Topliss-reactive ketones (excluding diaryl/α,β-unsaturated/α-hetero) is 1. The molecule has 2 rings (SSSR count). The van der Waals surface area contributed by atoms with Gasteiger partial charge in [0.15, 0.2) is 6.61 Å². The minimum Gasteiger partial charge on any atom is -0.454 e. The summed E-state index contributed by atoms with van der Waals surface area (Å²) in [5, 5.41) is 0. The number of nitrogens with zero attached hydrogens (tertiary/aromatic N) is 3. The molecule has 0 unspecified atom stereocenters. The minimum absolute atomic E-state index is 0.0670. The molecule has 0 saturated heterocycles. The van der Waals surface area contributed by atoms with E-state index in [9.17, 15) is 19.2 Å². The Balaban J connectivity index is 2.29. The molecular weight excluding hydrogens is 352 g/mol. The van der Waals surface area contributed by atoms with Crippen molar-refractivity contribution in [3.05, 3.63) is 56.0 Å². The predicted octanol–water partition coefficient (Wildman–Crippen LogP) is 0.528. The van der Waals surface area contributed by atoms with Crippen molar-refractivity contribution in [1.29, 1.82) is 0 Å². The summed E-state index contributed by atoms with van der Waals surface area (Å²) in [6, 6.07) is 3.15. The lowest BCUT2D eigenvalue weighted by molar-refractivity contribution is 0.0473. The van der Waals surface area contributed by atoms with Crippen LogP contribution >= 0.6 is 0 Å². The summed E-state index contributed by atoms with van der Waals surface area (Å²) < 4.78 is 6.95. The highest BCUT2D eigenvalue weighted by Gasteiger charge is 2.23. The molecule has 0 saturated carbocycles. The Bertz CT molecular complexity index is 987. The highest BCUT2D eigenvalue weighted by atomic mass is 16.5. The molecular formula is C18H22N4O5. The lowest BCUT2D eigenvalue weighted by Gasteiger charge is -2.16. The van der Waals surface area contributed by atoms with Crippen molar-refractivity contribution in [2.75, 3.05) is 12.3 Å². The number of hydrogen-bond acceptors (Lipinski definition) is 7. The molecule has 0 bridgehead atoms. The number of nitrogen functional groups attached to an aromatic ring is 1. The molecule has 2 N–H and O–H groups in total. The Morgan fingerprint density at radius 1 is 1.26 bits per heavy atom. The van der Waals surface area contributed by atoms with Crippen molar-refractivity contribution in [3.8, 4) is 0 Å². The van der Waals surface area contributed by atoms with Crippen LogP contribution in [0.3, 0.4) is 0 Å². The molecule has 2 heterocycles. The van der Waals surface area contributed by atoms with Crippen LogP contribution < -0.4 is 17.0 Å². The molecule has 0 radical (unpaired) electrons. The van der Waals surface area contributed by atoms with Gasteiger partial charge in [-0.3, -0.25) is 23.7 Å². The summed E-state index contributed by atoms with van der Waals surface area (Å²) >= 11 is 0. The SMILES string of the molecule is Cc1ccc(C(=O)OCC(=O)c2c(N)n(CC(C)C)c(=O)n(C)c2=O)cn1. The van der Waals surface area contributed by atoms with Crippen LogP contribution in [0.25, 0.3) is 0 Å². The standard InChI is InChI=1S/C18H22N4O5/c1-10(2)8-22-15(19)14(16(24)21(4)18(22)26)13(23)9-27-17(25)12-6-5-11(3)20-7-12/h5-7,10H,8-9,19H2,1-4H3. The number of aryl methyl sites for hydroxylation is 1. The lowest BCUT2D eigenvalue weighted by atomic mass is 10.1. The molecule has 9 nitrogen and oxygen atoms in total. The highest BCUT2D eigenvalue weighted by Crippen LogP contribution is 2.09. The predicted molar refractivity (Wildman–Crippen MR) is 98.8 cm³/mol. The summed E-state index contributed by atoms with van der Waals surface area (Å²) in [4.78, 5) is 53.0. The van der Waals surface area contributed by atoms with Crippen molar-refractivity contribution in [3.63, 3.8) is 0 Å². The van der Waals surface area contributed by atoms with Crippen LogP contribution in [0.1, 0.15) is 40.3 Å². The number of carbonyl (C=O) groups excluding carboxylic acids is 2. The van der Waals surface area contributed by atoms with E-state index in [1.165, 1.54) is 23.9 Å². The van der Waals surface area contributed by atoms with E-state index in [2.05, 4.69) is 4.98 Å². The van der Waals surface area contributed by atoms with Crippen LogP contribution in [0.4, 0.5) is 5.82 Å². The summed E-state index contributed by atoms with van der Waals surface area (Å²) in [5.41, 5.74) is 5.03. The molecule has 0 amide bonds. The van der Waals surface area contributed by atoms with E-state index in [4.69, 9.17) is 10.5 Å². The van der Waals surface area contributed by atoms with Crippen LogP contribution in [0.15, 0.2) is 27.9 Å². The second kappa shape index (κ2) is 7.98. The number of ether oxygens (including phenoxy) is 1. The third-order valence-electron chi connectivity index (χ3n) is 3.89. The number of aromatic nitrogens is 3. The molecule has 144 valence electrons. The van der Waals surface area contributed by atoms with Crippen LogP contribution in [-0.2, 0) is 18.3 Å². The number of esters is 1. The van der Waals surface area contributed by atoms with Crippen molar-refractivity contribution in [2.45, 2.75) is 27.3 Å². The maximum Gasteiger partial charge on any atom is 0.340 e. The van der Waals surface area contributed by atoms with Gasteiger partial charge in [0.1, 0.15) is 11.4 Å². The third-order valence-corrected chi connectivity index (χ3v) is 3.89. The van der Waals surface area contributed by atoms with Crippen molar-refractivity contribution in [1.82, 2.24) is 14.1 Å². The monoisotopic (exact) mass is 374 g/mol. The van der Waals surface area contributed by atoms with E-state index in [0.717, 1.165) is 10.3 Å². The highest BCUT2D eigenvalue weighted by molar-refractivity contribution is 6.02. The molecule has 0 spiro atoms. The largest absolute Gasteiger partial charge is 0.454 e. The normalized spacial score (nSPS) is 10.9. The van der Waals surface area contributed by atoms with E-state index < -0.39 is 29.6 Å². The number of pyridine rings is 1. The van der Waals surface area contributed by atoms with Gasteiger partial charge in [0.2, 0.25) is 5.78 Å². The first-order chi connectivity index (χ1) is 12.6. The summed E-state index contributed by atoms with van der Waals surface area (Å²) in [5.74, 6) is -1.69. The zero-order chi connectivity index (χ0) is 20.3. The fourth-order valence-corrected chi connectivity index (χ4v) is 2.46. The molecule has 0 aliphatic rings. The second-order valence-corrected chi connectivity index (χ2v) is 6.60. The number of rotatable bonds is 6. The van der Waals surface area contributed by atoms with E-state index in [1.54, 1.807) is 13.0 Å². The Kier molecular flexibility index (Phi) is 5.94.